The van der Waals surface area contributed by atoms with E-state index in [2.05, 4.69) is 10.3 Å². The fourth-order valence-corrected chi connectivity index (χ4v) is 3.31. The number of nitrogens with two attached hydrogens (primary N) is 1. The van der Waals surface area contributed by atoms with Crippen molar-refractivity contribution in [1.82, 2.24) is 14.9 Å². The van der Waals surface area contributed by atoms with Crippen LogP contribution in [-0.2, 0) is 19.0 Å². The molecule has 2 rings (SSSR count). The molecule has 12 nitrogen and oxygen atoms in total. The van der Waals surface area contributed by atoms with Crippen molar-refractivity contribution in [2.75, 3.05) is 12.3 Å². The zero-order valence-electron chi connectivity index (χ0n) is 19.1. The SMILES string of the molecule is CC(C)C(NC(=O)OC(C)(C)C)C(=O)O[C@H]1[C@H](CO)O[C@H](n2ccc(N)nc2=O)[C@@]1(C)O. The summed E-state index contributed by atoms with van der Waals surface area (Å²) in [6, 6.07) is 0.244. The topological polar surface area (TPSA) is 175 Å². The van der Waals surface area contributed by atoms with E-state index in [9.17, 15) is 24.6 Å². The van der Waals surface area contributed by atoms with Crippen LogP contribution in [0.4, 0.5) is 10.6 Å². The number of aliphatic hydroxyl groups excluding tert-OH is 1. The van der Waals surface area contributed by atoms with Crippen LogP contribution in [-0.4, -0.2) is 67.9 Å². The van der Waals surface area contributed by atoms with Gasteiger partial charge in [0.15, 0.2) is 12.3 Å². The number of aliphatic hydroxyl groups is 2. The molecule has 5 atom stereocenters. The third-order valence-corrected chi connectivity index (χ3v) is 4.84. The Morgan fingerprint density at radius 3 is 2.53 bits per heavy atom. The van der Waals surface area contributed by atoms with Gasteiger partial charge in [0.25, 0.3) is 0 Å². The minimum atomic E-state index is -1.92. The summed E-state index contributed by atoms with van der Waals surface area (Å²) in [5.74, 6) is -1.25. The zero-order valence-corrected chi connectivity index (χ0v) is 19.1. The third kappa shape index (κ3) is 5.75. The van der Waals surface area contributed by atoms with Crippen LogP contribution in [0, 0.1) is 5.92 Å². The molecule has 1 fully saturated rings. The maximum Gasteiger partial charge on any atom is 0.408 e. The van der Waals surface area contributed by atoms with E-state index in [1.807, 2.05) is 0 Å². The summed E-state index contributed by atoms with van der Waals surface area (Å²) in [6.45, 7) is 9.14. The second-order valence-electron chi connectivity index (χ2n) is 9.20. The van der Waals surface area contributed by atoms with Crippen molar-refractivity contribution in [2.24, 2.45) is 5.92 Å². The van der Waals surface area contributed by atoms with Crippen LogP contribution in [0.25, 0.3) is 0 Å². The fourth-order valence-electron chi connectivity index (χ4n) is 3.31. The number of aromatic nitrogens is 2. The summed E-state index contributed by atoms with van der Waals surface area (Å²) in [5.41, 5.74) is 2.02. The molecule has 1 saturated heterocycles. The van der Waals surface area contributed by atoms with E-state index in [0.717, 1.165) is 4.57 Å². The van der Waals surface area contributed by atoms with Crippen molar-refractivity contribution in [1.29, 1.82) is 0 Å². The summed E-state index contributed by atoms with van der Waals surface area (Å²) >= 11 is 0. The average molecular weight is 456 g/mol. The van der Waals surface area contributed by atoms with Crippen LogP contribution < -0.4 is 16.7 Å². The van der Waals surface area contributed by atoms with Gasteiger partial charge in [-0.25, -0.2) is 14.4 Å². The third-order valence-electron chi connectivity index (χ3n) is 4.84. The van der Waals surface area contributed by atoms with E-state index in [1.54, 1.807) is 34.6 Å². The fraction of sp³-hybridized carbons (Fsp3) is 0.700. The first-order valence-corrected chi connectivity index (χ1v) is 10.2. The van der Waals surface area contributed by atoms with Crippen molar-refractivity contribution >= 4 is 17.9 Å². The molecule has 0 spiro atoms. The molecule has 1 aromatic heterocycles. The molecule has 12 heteroatoms. The lowest BCUT2D eigenvalue weighted by molar-refractivity contribution is -0.167. The van der Waals surface area contributed by atoms with E-state index in [0.29, 0.717) is 0 Å². The Kier molecular flexibility index (Phi) is 7.53. The average Bonchev–Trinajstić information content (AvgIpc) is 2.88. The maximum atomic E-state index is 12.9. The van der Waals surface area contributed by atoms with Crippen molar-refractivity contribution < 1.29 is 34.0 Å². The molecular formula is C20H32N4O8. The number of nitrogen functional groups attached to an aromatic ring is 1. The van der Waals surface area contributed by atoms with Gasteiger partial charge in [0.1, 0.15) is 29.2 Å². The Labute approximate surface area is 185 Å². The highest BCUT2D eigenvalue weighted by molar-refractivity contribution is 5.82. The number of hydrogen-bond acceptors (Lipinski definition) is 10. The number of ether oxygens (including phenoxy) is 3. The van der Waals surface area contributed by atoms with E-state index >= 15 is 0 Å². The highest BCUT2D eigenvalue weighted by Gasteiger charge is 2.56. The van der Waals surface area contributed by atoms with E-state index in [4.69, 9.17) is 19.9 Å². The molecule has 0 bridgehead atoms. The smallest absolute Gasteiger partial charge is 0.408 e. The first-order chi connectivity index (χ1) is 14.7. The number of amides is 1. The van der Waals surface area contributed by atoms with Crippen molar-refractivity contribution in [3.8, 4) is 0 Å². The number of nitrogens with zero attached hydrogens (tertiary/aromatic N) is 2. The molecule has 32 heavy (non-hydrogen) atoms. The molecule has 0 aliphatic carbocycles. The molecule has 1 amide bonds. The largest absolute Gasteiger partial charge is 0.455 e. The zero-order chi connectivity index (χ0) is 24.4. The van der Waals surface area contributed by atoms with Crippen molar-refractivity contribution in [2.45, 2.75) is 77.2 Å². The maximum absolute atomic E-state index is 12.9. The predicted molar refractivity (Wildman–Crippen MR) is 112 cm³/mol. The Bertz CT molecular complexity index is 892. The summed E-state index contributed by atoms with van der Waals surface area (Å²) in [5, 5.41) is 23.3. The summed E-state index contributed by atoms with van der Waals surface area (Å²) in [7, 11) is 0. The predicted octanol–water partition coefficient (Wildman–Crippen LogP) is -0.0727. The highest BCUT2D eigenvalue weighted by atomic mass is 16.6. The van der Waals surface area contributed by atoms with Crippen LogP contribution in [0.5, 0.6) is 0 Å². The number of esters is 1. The van der Waals surface area contributed by atoms with Crippen molar-refractivity contribution in [3.63, 3.8) is 0 Å². The molecule has 180 valence electrons. The standard InChI is InChI=1S/C20H32N4O8/c1-10(2)13(23-18(28)32-19(3,4)5)15(26)31-14-11(9-25)30-16(20(14,6)29)24-8-7-12(21)22-17(24)27/h7-8,10-11,13-14,16,25,29H,9H2,1-6H3,(H,23,28)(H2,21,22,27)/t11-,13?,14-,16-,20-/m0/s1. The quantitative estimate of drug-likeness (QED) is 0.424. The lowest BCUT2D eigenvalue weighted by atomic mass is 9.95. The highest BCUT2D eigenvalue weighted by Crippen LogP contribution is 2.39. The number of alkyl carbamates (subject to hydrolysis) is 1. The van der Waals surface area contributed by atoms with Gasteiger partial charge in [0.2, 0.25) is 0 Å². The van der Waals surface area contributed by atoms with Crippen LogP contribution in [0.2, 0.25) is 0 Å². The summed E-state index contributed by atoms with van der Waals surface area (Å²) < 4.78 is 17.3. The normalized spacial score (nSPS) is 26.6. The number of rotatable bonds is 6. The number of nitrogens with one attached hydrogen (secondary N) is 1. The van der Waals surface area contributed by atoms with Crippen LogP contribution >= 0.6 is 0 Å². The van der Waals surface area contributed by atoms with Gasteiger partial charge in [-0.1, -0.05) is 13.8 Å². The molecular weight excluding hydrogens is 424 g/mol. The molecule has 0 aromatic carbocycles. The Morgan fingerprint density at radius 1 is 1.41 bits per heavy atom. The van der Waals surface area contributed by atoms with Gasteiger partial charge < -0.3 is 35.5 Å². The molecule has 5 N–H and O–H groups in total. The second-order valence-corrected chi connectivity index (χ2v) is 9.20. The second kappa shape index (κ2) is 9.43. The first kappa shape index (κ1) is 25.6. The van der Waals surface area contributed by atoms with E-state index < -0.39 is 60.0 Å². The monoisotopic (exact) mass is 456 g/mol. The minimum Gasteiger partial charge on any atom is -0.455 e. The van der Waals surface area contributed by atoms with Crippen LogP contribution in [0.15, 0.2) is 17.1 Å². The molecule has 1 unspecified atom stereocenters. The van der Waals surface area contributed by atoms with E-state index in [1.165, 1.54) is 19.2 Å². The van der Waals surface area contributed by atoms with Gasteiger partial charge in [-0.2, -0.15) is 4.98 Å². The minimum absolute atomic E-state index is 0.0152. The molecule has 0 saturated carbocycles. The summed E-state index contributed by atoms with van der Waals surface area (Å²) in [4.78, 5) is 40.9. The van der Waals surface area contributed by atoms with Gasteiger partial charge in [0, 0.05) is 6.20 Å². The van der Waals surface area contributed by atoms with E-state index in [-0.39, 0.29) is 11.7 Å². The Morgan fingerprint density at radius 2 is 2.03 bits per heavy atom. The van der Waals surface area contributed by atoms with Gasteiger partial charge in [0.05, 0.1) is 6.61 Å². The van der Waals surface area contributed by atoms with Crippen LogP contribution in [0.1, 0.15) is 47.8 Å². The molecule has 0 radical (unpaired) electrons. The lowest BCUT2D eigenvalue weighted by Crippen LogP contribution is -2.53. The number of carbonyl (C=O) groups excluding carboxylic acids is 2. The molecule has 1 aromatic rings. The molecule has 1 aliphatic rings. The van der Waals surface area contributed by atoms with Gasteiger partial charge in [-0.05, 0) is 39.7 Å². The Balaban J connectivity index is 2.25. The van der Waals surface area contributed by atoms with Crippen LogP contribution in [0.3, 0.4) is 0 Å². The summed E-state index contributed by atoms with van der Waals surface area (Å²) in [6.07, 6.45) is -3.33. The van der Waals surface area contributed by atoms with Gasteiger partial charge in [-0.3, -0.25) is 4.57 Å². The van der Waals surface area contributed by atoms with Gasteiger partial charge >= 0.3 is 17.8 Å². The Hall–Kier alpha value is -2.70. The first-order valence-electron chi connectivity index (χ1n) is 10.2. The molecule has 1 aliphatic heterocycles. The molecule has 2 heterocycles. The number of carbonyl (C=O) groups is 2. The van der Waals surface area contributed by atoms with Crippen molar-refractivity contribution in [3.05, 3.63) is 22.7 Å². The number of anilines is 1. The number of hydrogen-bond donors (Lipinski definition) is 4. The van der Waals surface area contributed by atoms with Gasteiger partial charge in [-0.15, -0.1) is 0 Å². The lowest BCUT2D eigenvalue weighted by Gasteiger charge is -2.32.